The third-order valence-corrected chi connectivity index (χ3v) is 3.02. The number of amidine groups is 1. The summed E-state index contributed by atoms with van der Waals surface area (Å²) in [5.41, 5.74) is 0. The van der Waals surface area contributed by atoms with Crippen LogP contribution < -0.4 is 9.47 Å². The van der Waals surface area contributed by atoms with E-state index in [4.69, 9.17) is 9.47 Å². The van der Waals surface area contributed by atoms with Gasteiger partial charge in [-0.05, 0) is 46.9 Å². The minimum atomic E-state index is -0.645. The number of amides is 1. The molecule has 0 saturated heterocycles. The predicted octanol–water partition coefficient (Wildman–Crippen LogP) is 2.55. The van der Waals surface area contributed by atoms with Gasteiger partial charge in [0.1, 0.15) is 11.5 Å². The van der Waals surface area contributed by atoms with Crippen LogP contribution in [0.2, 0.25) is 0 Å². The molecule has 17 heavy (non-hydrogen) atoms. The van der Waals surface area contributed by atoms with Gasteiger partial charge in [0.2, 0.25) is 0 Å². The first-order chi connectivity index (χ1) is 8.02. The molecule has 0 unspecified atom stereocenters. The summed E-state index contributed by atoms with van der Waals surface area (Å²) in [6, 6.07) is 6.72. The van der Waals surface area contributed by atoms with Crippen LogP contribution in [0.1, 0.15) is 0 Å². The summed E-state index contributed by atoms with van der Waals surface area (Å²) in [6.07, 6.45) is -0.645. The van der Waals surface area contributed by atoms with Crippen molar-refractivity contribution in [2.75, 3.05) is 21.2 Å². The largest absolute Gasteiger partial charge is 0.497 e. The van der Waals surface area contributed by atoms with Gasteiger partial charge in [-0.25, -0.2) is 4.79 Å². The Bertz CT molecular complexity index is 415. The Morgan fingerprint density at radius 3 is 2.24 bits per heavy atom. The molecule has 0 fully saturated rings. The monoisotopic (exact) mass is 348 g/mol. The van der Waals surface area contributed by atoms with Crippen molar-refractivity contribution in [2.24, 2.45) is 4.99 Å². The van der Waals surface area contributed by atoms with Crippen LogP contribution >= 0.6 is 22.6 Å². The smallest absolute Gasteiger partial charge is 0.441 e. The van der Waals surface area contributed by atoms with Crippen LogP contribution in [-0.2, 0) is 0 Å². The summed E-state index contributed by atoms with van der Waals surface area (Å²) < 4.78 is 10.6. The number of halogens is 1. The van der Waals surface area contributed by atoms with Crippen LogP contribution in [0.3, 0.4) is 0 Å². The van der Waals surface area contributed by atoms with E-state index in [9.17, 15) is 4.79 Å². The molecule has 0 saturated carbocycles. The van der Waals surface area contributed by atoms with E-state index >= 15 is 0 Å². The Hall–Kier alpha value is -1.31. The molecule has 0 atom stereocenters. The van der Waals surface area contributed by atoms with Gasteiger partial charge >= 0.3 is 6.09 Å². The zero-order chi connectivity index (χ0) is 12.8. The maximum Gasteiger partial charge on any atom is 0.441 e. The first kappa shape index (κ1) is 13.8. The van der Waals surface area contributed by atoms with Gasteiger partial charge in [-0.1, -0.05) is 0 Å². The lowest BCUT2D eigenvalue weighted by Crippen LogP contribution is -2.18. The minimum Gasteiger partial charge on any atom is -0.497 e. The van der Waals surface area contributed by atoms with Gasteiger partial charge in [0.05, 0.1) is 7.11 Å². The topological polar surface area (TPSA) is 51.1 Å². The summed E-state index contributed by atoms with van der Waals surface area (Å²) in [4.78, 5) is 16.9. The second kappa shape index (κ2) is 6.43. The molecule has 0 aliphatic carbocycles. The Kier molecular flexibility index (Phi) is 5.20. The van der Waals surface area contributed by atoms with Gasteiger partial charge in [-0.15, -0.1) is 0 Å². The Morgan fingerprint density at radius 1 is 1.24 bits per heavy atom. The van der Waals surface area contributed by atoms with Crippen molar-refractivity contribution in [3.05, 3.63) is 24.3 Å². The van der Waals surface area contributed by atoms with E-state index in [1.807, 2.05) is 22.6 Å². The first-order valence-electron chi connectivity index (χ1n) is 4.80. The van der Waals surface area contributed by atoms with Gasteiger partial charge < -0.3 is 14.4 Å². The van der Waals surface area contributed by atoms with Crippen molar-refractivity contribution < 1.29 is 14.3 Å². The normalized spacial score (nSPS) is 10.9. The highest BCUT2D eigenvalue weighted by atomic mass is 127. The fourth-order valence-electron chi connectivity index (χ4n) is 0.943. The van der Waals surface area contributed by atoms with Crippen molar-refractivity contribution in [1.29, 1.82) is 0 Å². The van der Waals surface area contributed by atoms with Crippen LogP contribution in [-0.4, -0.2) is 36.0 Å². The van der Waals surface area contributed by atoms with Gasteiger partial charge in [-0.3, -0.25) is 0 Å². The number of ether oxygens (including phenoxy) is 2. The molecule has 0 aliphatic rings. The molecule has 0 heterocycles. The second-order valence-electron chi connectivity index (χ2n) is 3.32. The summed E-state index contributed by atoms with van der Waals surface area (Å²) in [5.74, 6) is 1.14. The molecule has 6 heteroatoms. The van der Waals surface area contributed by atoms with E-state index in [2.05, 4.69) is 4.99 Å². The number of nitrogens with zero attached hydrogens (tertiary/aromatic N) is 2. The number of methoxy groups -OCH3 is 1. The third-order valence-electron chi connectivity index (χ3n) is 1.82. The van der Waals surface area contributed by atoms with Crippen LogP contribution in [0.5, 0.6) is 11.5 Å². The van der Waals surface area contributed by atoms with Crippen molar-refractivity contribution in [2.45, 2.75) is 0 Å². The van der Waals surface area contributed by atoms with Gasteiger partial charge in [0.15, 0.2) is 3.84 Å². The molecule has 0 spiro atoms. The van der Waals surface area contributed by atoms with Crippen molar-refractivity contribution in [1.82, 2.24) is 4.90 Å². The quantitative estimate of drug-likeness (QED) is 0.357. The Morgan fingerprint density at radius 2 is 1.76 bits per heavy atom. The number of hydrogen-bond donors (Lipinski definition) is 0. The maximum absolute atomic E-state index is 11.4. The summed E-state index contributed by atoms with van der Waals surface area (Å²) in [7, 11) is 5.17. The SMILES string of the molecule is COc1ccc(OC(=O)N=C(I)N(C)C)cc1. The van der Waals surface area contributed by atoms with E-state index in [1.165, 1.54) is 0 Å². The molecule has 0 radical (unpaired) electrons. The highest BCUT2D eigenvalue weighted by Gasteiger charge is 2.05. The highest BCUT2D eigenvalue weighted by Crippen LogP contribution is 2.17. The summed E-state index contributed by atoms with van der Waals surface area (Å²) in [6.45, 7) is 0. The van der Waals surface area contributed by atoms with E-state index in [-0.39, 0.29) is 0 Å². The van der Waals surface area contributed by atoms with Crippen LogP contribution in [0, 0.1) is 0 Å². The zero-order valence-corrected chi connectivity index (χ0v) is 12.0. The van der Waals surface area contributed by atoms with Crippen LogP contribution in [0.15, 0.2) is 29.3 Å². The van der Waals surface area contributed by atoms with E-state index < -0.39 is 6.09 Å². The van der Waals surface area contributed by atoms with Gasteiger partial charge in [0.25, 0.3) is 0 Å². The van der Waals surface area contributed by atoms with Gasteiger partial charge in [0, 0.05) is 14.1 Å². The van der Waals surface area contributed by atoms with E-state index in [1.54, 1.807) is 50.4 Å². The lowest BCUT2D eigenvalue weighted by molar-refractivity contribution is 0.211. The van der Waals surface area contributed by atoms with Crippen molar-refractivity contribution >= 4 is 32.5 Å². The van der Waals surface area contributed by atoms with Crippen LogP contribution in [0.25, 0.3) is 0 Å². The minimum absolute atomic E-state index is 0.433. The summed E-state index contributed by atoms with van der Waals surface area (Å²) in [5, 5.41) is 0. The first-order valence-corrected chi connectivity index (χ1v) is 5.88. The molecule has 1 aromatic rings. The predicted molar refractivity (Wildman–Crippen MR) is 74.2 cm³/mol. The molecule has 0 bridgehead atoms. The number of benzene rings is 1. The Labute approximate surface area is 114 Å². The number of hydrogen-bond acceptors (Lipinski definition) is 3. The molecule has 0 aromatic heterocycles. The standard InChI is InChI=1S/C11H13IN2O3/c1-14(2)10(12)13-11(15)17-9-6-4-8(16-3)5-7-9/h4-7H,1-3H3. The molecule has 1 rings (SSSR count). The van der Waals surface area contributed by atoms with Gasteiger partial charge in [-0.2, -0.15) is 4.99 Å². The van der Waals surface area contributed by atoms with Crippen molar-refractivity contribution in [3.8, 4) is 11.5 Å². The molecule has 92 valence electrons. The number of aliphatic imine (C=N–C) groups is 1. The lowest BCUT2D eigenvalue weighted by atomic mass is 10.3. The molecule has 0 aliphatic heterocycles. The van der Waals surface area contributed by atoms with E-state index in [0.717, 1.165) is 0 Å². The third kappa shape index (κ3) is 4.59. The highest BCUT2D eigenvalue weighted by molar-refractivity contribution is 14.1. The molecule has 1 aromatic carbocycles. The maximum atomic E-state index is 11.4. The van der Waals surface area contributed by atoms with Crippen molar-refractivity contribution in [3.63, 3.8) is 0 Å². The molecular formula is C11H13IN2O3. The molecule has 5 nitrogen and oxygen atoms in total. The molecular weight excluding hydrogens is 335 g/mol. The fourth-order valence-corrected chi connectivity index (χ4v) is 1.14. The number of carbonyl (C=O) groups is 1. The Balaban J connectivity index is 2.65. The molecule has 0 N–H and O–H groups in total. The van der Waals surface area contributed by atoms with E-state index in [0.29, 0.717) is 15.3 Å². The molecule has 1 amide bonds. The zero-order valence-electron chi connectivity index (χ0n) is 9.81. The number of rotatable bonds is 2. The fraction of sp³-hybridized carbons (Fsp3) is 0.273. The average Bonchev–Trinajstić information content (AvgIpc) is 2.29. The van der Waals surface area contributed by atoms with Crippen LogP contribution in [0.4, 0.5) is 4.79 Å². The summed E-state index contributed by atoms with van der Waals surface area (Å²) >= 11 is 1.96. The lowest BCUT2D eigenvalue weighted by Gasteiger charge is -2.08. The second-order valence-corrected chi connectivity index (χ2v) is 4.28. The number of carbonyl (C=O) groups excluding carboxylic acids is 1. The average molecular weight is 348 g/mol.